The van der Waals surface area contributed by atoms with Crippen LogP contribution in [0.2, 0.25) is 0 Å². The predicted octanol–water partition coefficient (Wildman–Crippen LogP) is 1.93. The topological polar surface area (TPSA) is 68.4 Å². The summed E-state index contributed by atoms with van der Waals surface area (Å²) in [6.45, 7) is 2.05. The van der Waals surface area contributed by atoms with Gasteiger partial charge in [-0.05, 0) is 30.5 Å². The molecule has 2 aromatic rings. The minimum absolute atomic E-state index is 0.114. The highest BCUT2D eigenvalue weighted by molar-refractivity contribution is 6.00. The molecule has 1 N–H and O–H groups in total. The highest BCUT2D eigenvalue weighted by atomic mass is 16.5. The standard InChI is InChI=1S/C24H29N5O3/c1-26-21-20(22(30)29(24(26)31)15-12-17-8-4-3-5-9-17)28-14-7-13-27(23(28)25-21)18-10-6-11-19(16-18)32-2/h3-6,8-11,16,20-21,23,25H,7,12-15H2,1-2H3. The number of methoxy groups -OCH3 is 1. The third kappa shape index (κ3) is 3.49. The number of likely N-dealkylation sites (N-methyl/N-ethyl adjacent to an activating group) is 1. The number of imide groups is 1. The van der Waals surface area contributed by atoms with Gasteiger partial charge in [0.1, 0.15) is 24.2 Å². The Morgan fingerprint density at radius 3 is 2.66 bits per heavy atom. The molecular formula is C24H29N5O3. The van der Waals surface area contributed by atoms with Crippen LogP contribution in [0, 0.1) is 0 Å². The van der Waals surface area contributed by atoms with E-state index < -0.39 is 6.04 Å². The van der Waals surface area contributed by atoms with Gasteiger partial charge < -0.3 is 14.5 Å². The number of carbonyl (C=O) groups excluding carboxylic acids is 2. The highest BCUT2D eigenvalue weighted by Crippen LogP contribution is 2.34. The SMILES string of the molecule is COc1cccc(N2CCCN3C4C(=O)N(CCc5ccccc5)C(=O)N(C)C4NC23)c1. The first kappa shape index (κ1) is 20.8. The number of urea groups is 1. The van der Waals surface area contributed by atoms with E-state index in [0.717, 1.165) is 36.5 Å². The molecule has 0 aromatic heterocycles. The summed E-state index contributed by atoms with van der Waals surface area (Å²) >= 11 is 0. The summed E-state index contributed by atoms with van der Waals surface area (Å²) in [6.07, 6.45) is 1.09. The van der Waals surface area contributed by atoms with Gasteiger partial charge in [-0.25, -0.2) is 4.79 Å². The Labute approximate surface area is 188 Å². The van der Waals surface area contributed by atoms with Crippen molar-refractivity contribution >= 4 is 17.6 Å². The number of hydrogen-bond donors (Lipinski definition) is 1. The van der Waals surface area contributed by atoms with E-state index in [1.54, 1.807) is 19.1 Å². The van der Waals surface area contributed by atoms with Crippen molar-refractivity contribution in [3.05, 3.63) is 60.2 Å². The molecule has 0 aliphatic carbocycles. The van der Waals surface area contributed by atoms with E-state index in [1.807, 2.05) is 48.5 Å². The fourth-order valence-electron chi connectivity index (χ4n) is 5.06. The molecule has 0 bridgehead atoms. The molecule has 168 valence electrons. The van der Waals surface area contributed by atoms with E-state index in [0.29, 0.717) is 13.0 Å². The van der Waals surface area contributed by atoms with Crippen molar-refractivity contribution in [1.29, 1.82) is 0 Å². The lowest BCUT2D eigenvalue weighted by atomic mass is 10.1. The third-order valence-corrected chi connectivity index (χ3v) is 6.72. The van der Waals surface area contributed by atoms with E-state index >= 15 is 0 Å². The van der Waals surface area contributed by atoms with E-state index in [9.17, 15) is 9.59 Å². The Morgan fingerprint density at radius 1 is 1.06 bits per heavy atom. The lowest BCUT2D eigenvalue weighted by molar-refractivity contribution is -0.138. The number of rotatable bonds is 5. The second kappa shape index (κ2) is 8.44. The second-order valence-electron chi connectivity index (χ2n) is 8.54. The molecule has 0 radical (unpaired) electrons. The Morgan fingerprint density at radius 2 is 1.88 bits per heavy atom. The molecule has 0 spiro atoms. The van der Waals surface area contributed by atoms with Gasteiger partial charge in [0.25, 0.3) is 5.91 Å². The molecular weight excluding hydrogens is 406 g/mol. The summed E-state index contributed by atoms with van der Waals surface area (Å²) in [7, 11) is 3.44. The van der Waals surface area contributed by atoms with Crippen LogP contribution < -0.4 is 15.0 Å². The Balaban J connectivity index is 1.38. The van der Waals surface area contributed by atoms with Gasteiger partial charge in [0.05, 0.1) is 7.11 Å². The van der Waals surface area contributed by atoms with E-state index in [4.69, 9.17) is 4.74 Å². The molecule has 3 aliphatic rings. The Kier molecular flexibility index (Phi) is 5.48. The summed E-state index contributed by atoms with van der Waals surface area (Å²) in [5, 5.41) is 3.55. The minimum Gasteiger partial charge on any atom is -0.497 e. The second-order valence-corrected chi connectivity index (χ2v) is 8.54. The maximum Gasteiger partial charge on any atom is 0.327 e. The number of anilines is 1. The molecule has 0 saturated carbocycles. The number of nitrogens with zero attached hydrogens (tertiary/aromatic N) is 4. The summed E-state index contributed by atoms with van der Waals surface area (Å²) in [4.78, 5) is 34.2. The highest BCUT2D eigenvalue weighted by Gasteiger charge is 2.55. The molecule has 5 rings (SSSR count). The van der Waals surface area contributed by atoms with Gasteiger partial charge in [-0.15, -0.1) is 0 Å². The number of fused-ring (bicyclic) bond motifs is 3. The first-order valence-electron chi connectivity index (χ1n) is 11.1. The van der Waals surface area contributed by atoms with Crippen LogP contribution in [0.4, 0.5) is 10.5 Å². The molecule has 3 heterocycles. The van der Waals surface area contributed by atoms with Crippen LogP contribution in [0.3, 0.4) is 0 Å². The molecule has 3 amide bonds. The van der Waals surface area contributed by atoms with Crippen molar-refractivity contribution in [1.82, 2.24) is 20.0 Å². The zero-order valence-corrected chi connectivity index (χ0v) is 18.5. The normalized spacial score (nSPS) is 25.7. The fraction of sp³-hybridized carbons (Fsp3) is 0.417. The number of carbonyl (C=O) groups is 2. The zero-order valence-electron chi connectivity index (χ0n) is 18.5. The van der Waals surface area contributed by atoms with Gasteiger partial charge in [-0.2, -0.15) is 0 Å². The van der Waals surface area contributed by atoms with Crippen LogP contribution in [0.5, 0.6) is 5.75 Å². The van der Waals surface area contributed by atoms with Crippen molar-refractivity contribution in [3.8, 4) is 5.75 Å². The average Bonchev–Trinajstić information content (AvgIpc) is 3.23. The molecule has 3 unspecified atom stereocenters. The maximum absolute atomic E-state index is 13.5. The largest absolute Gasteiger partial charge is 0.497 e. The molecule has 3 fully saturated rings. The number of amides is 3. The zero-order chi connectivity index (χ0) is 22.2. The van der Waals surface area contributed by atoms with Crippen LogP contribution in [0.1, 0.15) is 12.0 Å². The van der Waals surface area contributed by atoms with Crippen molar-refractivity contribution in [3.63, 3.8) is 0 Å². The Hall–Kier alpha value is -3.10. The monoisotopic (exact) mass is 435 g/mol. The van der Waals surface area contributed by atoms with Crippen LogP contribution in [-0.4, -0.2) is 78.9 Å². The van der Waals surface area contributed by atoms with Gasteiger partial charge in [0.2, 0.25) is 0 Å². The summed E-state index contributed by atoms with van der Waals surface area (Å²) < 4.78 is 5.40. The van der Waals surface area contributed by atoms with Gasteiger partial charge in [0, 0.05) is 38.4 Å². The molecule has 8 nitrogen and oxygen atoms in total. The minimum atomic E-state index is -0.396. The molecule has 2 aromatic carbocycles. The molecule has 32 heavy (non-hydrogen) atoms. The van der Waals surface area contributed by atoms with Gasteiger partial charge in [-0.1, -0.05) is 36.4 Å². The molecule has 3 saturated heterocycles. The lowest BCUT2D eigenvalue weighted by Crippen LogP contribution is -2.66. The summed E-state index contributed by atoms with van der Waals surface area (Å²) in [6, 6.07) is 17.3. The first-order valence-corrected chi connectivity index (χ1v) is 11.1. The number of ether oxygens (including phenoxy) is 1. The van der Waals surface area contributed by atoms with Crippen LogP contribution in [0.25, 0.3) is 0 Å². The molecule has 3 atom stereocenters. The van der Waals surface area contributed by atoms with Gasteiger partial charge >= 0.3 is 6.03 Å². The molecule has 8 heteroatoms. The van der Waals surface area contributed by atoms with Crippen molar-refractivity contribution in [2.45, 2.75) is 31.3 Å². The summed E-state index contributed by atoms with van der Waals surface area (Å²) in [5.41, 5.74) is 2.15. The van der Waals surface area contributed by atoms with Crippen LogP contribution in [0.15, 0.2) is 54.6 Å². The molecule has 3 aliphatic heterocycles. The fourth-order valence-corrected chi connectivity index (χ4v) is 5.06. The maximum atomic E-state index is 13.5. The van der Waals surface area contributed by atoms with E-state index in [1.165, 1.54) is 4.90 Å². The first-order chi connectivity index (χ1) is 15.6. The third-order valence-electron chi connectivity index (χ3n) is 6.72. The van der Waals surface area contributed by atoms with Crippen LogP contribution >= 0.6 is 0 Å². The predicted molar refractivity (Wildman–Crippen MR) is 121 cm³/mol. The van der Waals surface area contributed by atoms with Crippen molar-refractivity contribution < 1.29 is 14.3 Å². The van der Waals surface area contributed by atoms with Crippen molar-refractivity contribution in [2.75, 3.05) is 38.7 Å². The van der Waals surface area contributed by atoms with Gasteiger partial charge in [0.15, 0.2) is 0 Å². The quantitative estimate of drug-likeness (QED) is 0.774. The van der Waals surface area contributed by atoms with E-state index in [-0.39, 0.29) is 24.4 Å². The number of hydrogen-bond acceptors (Lipinski definition) is 6. The van der Waals surface area contributed by atoms with E-state index in [2.05, 4.69) is 21.2 Å². The summed E-state index contributed by atoms with van der Waals surface area (Å²) in [5.74, 6) is 0.682. The van der Waals surface area contributed by atoms with Crippen molar-refractivity contribution in [2.24, 2.45) is 0 Å². The number of benzene rings is 2. The average molecular weight is 436 g/mol. The Bertz CT molecular complexity index is 1000. The lowest BCUT2D eigenvalue weighted by Gasteiger charge is -2.44. The van der Waals surface area contributed by atoms with Crippen LogP contribution in [-0.2, 0) is 11.2 Å². The smallest absolute Gasteiger partial charge is 0.327 e. The number of nitrogens with one attached hydrogen (secondary N) is 1. The van der Waals surface area contributed by atoms with Gasteiger partial charge in [-0.3, -0.25) is 19.9 Å².